The molecule has 0 aliphatic carbocycles. The van der Waals surface area contributed by atoms with Gasteiger partial charge in [0.1, 0.15) is 12.1 Å². The molecule has 1 aliphatic rings. The maximum absolute atomic E-state index is 5.69. The zero-order valence-corrected chi connectivity index (χ0v) is 11.8. The summed E-state index contributed by atoms with van der Waals surface area (Å²) in [7, 11) is 1.93. The molecule has 1 atom stereocenters. The number of morpholine rings is 1. The number of anilines is 1. The number of hydrogen-bond donors (Lipinski definition) is 1. The molecule has 1 saturated heterocycles. The number of nitrogens with zero attached hydrogens (tertiary/aromatic N) is 3. The van der Waals surface area contributed by atoms with Gasteiger partial charge in [-0.15, -0.1) is 0 Å². The molecule has 1 N–H and O–H groups in total. The van der Waals surface area contributed by atoms with Gasteiger partial charge in [-0.05, 0) is 20.9 Å². The van der Waals surface area contributed by atoms with Gasteiger partial charge >= 0.3 is 0 Å². The van der Waals surface area contributed by atoms with Crippen molar-refractivity contribution >= 4 is 5.82 Å². The van der Waals surface area contributed by atoms with Gasteiger partial charge < -0.3 is 19.7 Å². The average Bonchev–Trinajstić information content (AvgIpc) is 2.39. The summed E-state index contributed by atoms with van der Waals surface area (Å²) in [5.41, 5.74) is 0. The lowest BCUT2D eigenvalue weighted by Crippen LogP contribution is -2.46. The standard InChI is InChI=1S/C13H22N4O2/c1-10(2)19-13-6-12(15-9-16-13)17-4-5-18-11(8-17)7-14-3/h6,9-11,14H,4-5,7-8H2,1-3H3. The molecule has 0 bridgehead atoms. The first-order valence-electron chi connectivity index (χ1n) is 6.69. The summed E-state index contributed by atoms with van der Waals surface area (Å²) in [6, 6.07) is 1.89. The number of rotatable bonds is 5. The number of ether oxygens (including phenoxy) is 2. The van der Waals surface area contributed by atoms with Crippen LogP contribution in [0.3, 0.4) is 0 Å². The predicted octanol–water partition coefficient (Wildman–Crippen LogP) is 0.688. The Kier molecular flexibility index (Phi) is 4.93. The monoisotopic (exact) mass is 266 g/mol. The number of nitrogens with one attached hydrogen (secondary N) is 1. The van der Waals surface area contributed by atoms with E-state index in [1.54, 1.807) is 6.33 Å². The Hall–Kier alpha value is -1.40. The van der Waals surface area contributed by atoms with E-state index in [0.29, 0.717) is 5.88 Å². The minimum atomic E-state index is 0.115. The average molecular weight is 266 g/mol. The van der Waals surface area contributed by atoms with Crippen molar-refractivity contribution in [1.29, 1.82) is 0 Å². The lowest BCUT2D eigenvalue weighted by Gasteiger charge is -2.33. The van der Waals surface area contributed by atoms with Crippen LogP contribution in [0.15, 0.2) is 12.4 Å². The molecular formula is C13H22N4O2. The van der Waals surface area contributed by atoms with Crippen LogP contribution < -0.4 is 15.0 Å². The van der Waals surface area contributed by atoms with Crippen LogP contribution in [0.2, 0.25) is 0 Å². The molecule has 1 fully saturated rings. The van der Waals surface area contributed by atoms with E-state index in [4.69, 9.17) is 9.47 Å². The molecule has 1 aliphatic heterocycles. The largest absolute Gasteiger partial charge is 0.475 e. The van der Waals surface area contributed by atoms with Gasteiger partial charge in [0.25, 0.3) is 0 Å². The molecule has 0 amide bonds. The smallest absolute Gasteiger partial charge is 0.218 e. The molecular weight excluding hydrogens is 244 g/mol. The van der Waals surface area contributed by atoms with E-state index in [0.717, 1.165) is 32.1 Å². The minimum absolute atomic E-state index is 0.115. The van der Waals surface area contributed by atoms with Gasteiger partial charge in [0, 0.05) is 25.7 Å². The first-order chi connectivity index (χ1) is 9.19. The summed E-state index contributed by atoms with van der Waals surface area (Å²) >= 11 is 0. The predicted molar refractivity (Wildman–Crippen MR) is 73.7 cm³/mol. The third-order valence-corrected chi connectivity index (χ3v) is 2.88. The molecule has 0 saturated carbocycles. The minimum Gasteiger partial charge on any atom is -0.475 e. The van der Waals surface area contributed by atoms with Crippen LogP contribution in [-0.2, 0) is 4.74 Å². The van der Waals surface area contributed by atoms with Crippen molar-refractivity contribution in [3.63, 3.8) is 0 Å². The zero-order chi connectivity index (χ0) is 13.7. The fourth-order valence-electron chi connectivity index (χ4n) is 2.09. The van der Waals surface area contributed by atoms with Crippen molar-refractivity contribution in [2.24, 2.45) is 0 Å². The number of aromatic nitrogens is 2. The SMILES string of the molecule is CNCC1CN(c2cc(OC(C)C)ncn2)CCO1. The second-order valence-corrected chi connectivity index (χ2v) is 4.88. The second kappa shape index (κ2) is 6.68. The molecule has 106 valence electrons. The fourth-order valence-corrected chi connectivity index (χ4v) is 2.09. The van der Waals surface area contributed by atoms with Gasteiger partial charge in [-0.25, -0.2) is 9.97 Å². The van der Waals surface area contributed by atoms with E-state index in [1.807, 2.05) is 27.0 Å². The first kappa shape index (κ1) is 14.0. The highest BCUT2D eigenvalue weighted by molar-refractivity contribution is 5.41. The van der Waals surface area contributed by atoms with E-state index < -0.39 is 0 Å². The Morgan fingerprint density at radius 1 is 1.53 bits per heavy atom. The molecule has 2 heterocycles. The van der Waals surface area contributed by atoms with E-state index in [2.05, 4.69) is 20.2 Å². The van der Waals surface area contributed by atoms with Gasteiger partial charge in [-0.1, -0.05) is 0 Å². The van der Waals surface area contributed by atoms with Crippen LogP contribution in [0, 0.1) is 0 Å². The fraction of sp³-hybridized carbons (Fsp3) is 0.692. The molecule has 6 nitrogen and oxygen atoms in total. The van der Waals surface area contributed by atoms with Crippen molar-refractivity contribution in [2.75, 3.05) is 38.2 Å². The lowest BCUT2D eigenvalue weighted by atomic mass is 10.2. The molecule has 0 aromatic carbocycles. The van der Waals surface area contributed by atoms with Gasteiger partial charge in [-0.3, -0.25) is 0 Å². The Morgan fingerprint density at radius 2 is 2.37 bits per heavy atom. The van der Waals surface area contributed by atoms with Crippen molar-refractivity contribution < 1.29 is 9.47 Å². The normalized spacial score (nSPS) is 19.8. The Labute approximate surface area is 114 Å². The van der Waals surface area contributed by atoms with Crippen LogP contribution in [0.4, 0.5) is 5.82 Å². The van der Waals surface area contributed by atoms with Crippen LogP contribution in [0.1, 0.15) is 13.8 Å². The van der Waals surface area contributed by atoms with E-state index in [9.17, 15) is 0 Å². The van der Waals surface area contributed by atoms with Gasteiger partial charge in [-0.2, -0.15) is 0 Å². The molecule has 6 heteroatoms. The van der Waals surface area contributed by atoms with Gasteiger partial charge in [0.2, 0.25) is 5.88 Å². The van der Waals surface area contributed by atoms with Crippen LogP contribution in [0.25, 0.3) is 0 Å². The second-order valence-electron chi connectivity index (χ2n) is 4.88. The number of hydrogen-bond acceptors (Lipinski definition) is 6. The molecule has 1 aromatic rings. The highest BCUT2D eigenvalue weighted by Gasteiger charge is 2.21. The summed E-state index contributed by atoms with van der Waals surface area (Å²) in [6.07, 6.45) is 1.86. The van der Waals surface area contributed by atoms with Crippen LogP contribution in [-0.4, -0.2) is 55.5 Å². The summed E-state index contributed by atoms with van der Waals surface area (Å²) in [6.45, 7) is 7.21. The lowest BCUT2D eigenvalue weighted by molar-refractivity contribution is 0.0418. The maximum atomic E-state index is 5.69. The Balaban J connectivity index is 2.04. The molecule has 0 spiro atoms. The van der Waals surface area contributed by atoms with Crippen LogP contribution in [0.5, 0.6) is 5.88 Å². The summed E-state index contributed by atoms with van der Waals surface area (Å²) in [5, 5.41) is 3.14. The summed E-state index contributed by atoms with van der Waals surface area (Å²) < 4.78 is 11.3. The van der Waals surface area contributed by atoms with Crippen molar-refractivity contribution in [3.8, 4) is 5.88 Å². The third-order valence-electron chi connectivity index (χ3n) is 2.88. The Bertz CT molecular complexity index is 398. The van der Waals surface area contributed by atoms with E-state index >= 15 is 0 Å². The molecule has 1 aromatic heterocycles. The van der Waals surface area contributed by atoms with Crippen molar-refractivity contribution in [2.45, 2.75) is 26.1 Å². The topological polar surface area (TPSA) is 59.5 Å². The zero-order valence-electron chi connectivity index (χ0n) is 11.8. The third kappa shape index (κ3) is 4.04. The van der Waals surface area contributed by atoms with Gasteiger partial charge in [0.05, 0.1) is 18.8 Å². The molecule has 0 radical (unpaired) electrons. The Morgan fingerprint density at radius 3 is 3.11 bits per heavy atom. The molecule has 2 rings (SSSR count). The quantitative estimate of drug-likeness (QED) is 0.846. The molecule has 19 heavy (non-hydrogen) atoms. The number of likely N-dealkylation sites (N-methyl/N-ethyl adjacent to an activating group) is 1. The first-order valence-corrected chi connectivity index (χ1v) is 6.69. The molecule has 1 unspecified atom stereocenters. The highest BCUT2D eigenvalue weighted by atomic mass is 16.5. The highest BCUT2D eigenvalue weighted by Crippen LogP contribution is 2.19. The van der Waals surface area contributed by atoms with Crippen LogP contribution >= 0.6 is 0 Å². The maximum Gasteiger partial charge on any atom is 0.218 e. The summed E-state index contributed by atoms with van der Waals surface area (Å²) in [4.78, 5) is 10.7. The van der Waals surface area contributed by atoms with E-state index in [-0.39, 0.29) is 12.2 Å². The van der Waals surface area contributed by atoms with Gasteiger partial charge in [0.15, 0.2) is 0 Å². The van der Waals surface area contributed by atoms with E-state index in [1.165, 1.54) is 0 Å². The van der Waals surface area contributed by atoms with Crippen molar-refractivity contribution in [3.05, 3.63) is 12.4 Å². The summed E-state index contributed by atoms with van der Waals surface area (Å²) in [5.74, 6) is 1.52. The van der Waals surface area contributed by atoms with Crippen molar-refractivity contribution in [1.82, 2.24) is 15.3 Å².